The highest BCUT2D eigenvalue weighted by Crippen LogP contribution is 2.33. The summed E-state index contributed by atoms with van der Waals surface area (Å²) in [6, 6.07) is 54.9. The Morgan fingerprint density at radius 3 is 1.07 bits per heavy atom. The van der Waals surface area contributed by atoms with Crippen molar-refractivity contribution in [2.45, 2.75) is 0 Å². The fraction of sp³-hybridized carbons (Fsp3) is 0. The predicted molar refractivity (Wildman–Crippen MR) is 190 cm³/mol. The number of aromatic nitrogens is 3. The van der Waals surface area contributed by atoms with Crippen LogP contribution in [0.15, 0.2) is 162 Å². The Bertz CT molecular complexity index is 2160. The fourth-order valence-corrected chi connectivity index (χ4v) is 6.18. The summed E-state index contributed by atoms with van der Waals surface area (Å²) in [7, 11) is 0. The molecule has 0 saturated carbocycles. The summed E-state index contributed by atoms with van der Waals surface area (Å²) in [6.45, 7) is 0. The molecule has 0 radical (unpaired) electrons. The third-order valence-electron chi connectivity index (χ3n) is 8.23. The van der Waals surface area contributed by atoms with Crippen molar-refractivity contribution in [3.05, 3.63) is 162 Å². The second kappa shape index (κ2) is 11.6. The molecule has 8 aromatic rings. The lowest BCUT2D eigenvalue weighted by molar-refractivity contribution is 1.07. The molecule has 0 bridgehead atoms. The van der Waals surface area contributed by atoms with Crippen LogP contribution in [0.4, 0.5) is 0 Å². The van der Waals surface area contributed by atoms with Gasteiger partial charge in [-0.05, 0) is 55.9 Å². The molecule has 212 valence electrons. The molecule has 0 spiro atoms. The van der Waals surface area contributed by atoms with Crippen LogP contribution in [0.25, 0.3) is 78.0 Å². The van der Waals surface area contributed by atoms with Gasteiger partial charge in [-0.2, -0.15) is 0 Å². The molecule has 8 rings (SSSR count). The van der Waals surface area contributed by atoms with Gasteiger partial charge in [-0.15, -0.1) is 0 Å². The molecule has 0 aliphatic carbocycles. The number of hydrogen-bond donors (Lipinski definition) is 0. The summed E-state index contributed by atoms with van der Waals surface area (Å²) in [5.74, 6) is 1.92. The maximum atomic E-state index is 4.99. The molecular formula is C41H26BrN3. The Morgan fingerprint density at radius 1 is 0.311 bits per heavy atom. The molecule has 0 fully saturated rings. The molecule has 7 aromatic carbocycles. The van der Waals surface area contributed by atoms with Crippen molar-refractivity contribution in [3.8, 4) is 56.4 Å². The Morgan fingerprint density at radius 2 is 0.644 bits per heavy atom. The van der Waals surface area contributed by atoms with Gasteiger partial charge in [-0.1, -0.05) is 162 Å². The van der Waals surface area contributed by atoms with Gasteiger partial charge in [0.2, 0.25) is 0 Å². The SMILES string of the molecule is Brc1ccc(-c2nc(-c3ccc(-c4cccc5ccccc45)cc3)nc(-c3ccc(-c4cccc5ccccc45)cc3)n2)cc1. The van der Waals surface area contributed by atoms with Crippen LogP contribution in [0.3, 0.4) is 0 Å². The maximum absolute atomic E-state index is 4.99. The van der Waals surface area contributed by atoms with E-state index >= 15 is 0 Å². The van der Waals surface area contributed by atoms with E-state index < -0.39 is 0 Å². The monoisotopic (exact) mass is 639 g/mol. The topological polar surface area (TPSA) is 38.7 Å². The van der Waals surface area contributed by atoms with E-state index in [0.29, 0.717) is 17.5 Å². The first-order valence-electron chi connectivity index (χ1n) is 14.9. The molecule has 3 nitrogen and oxygen atoms in total. The lowest BCUT2D eigenvalue weighted by atomic mass is 9.97. The number of hydrogen-bond acceptors (Lipinski definition) is 3. The number of rotatable bonds is 5. The standard InChI is InChI=1S/C41H26BrN3/c42-34-25-23-33(24-26-34)41-44-39(31-19-15-29(16-20-31)37-13-5-9-27-7-1-3-11-35(27)37)43-40(45-41)32-21-17-30(18-22-32)38-14-6-10-28-8-2-4-12-36(28)38/h1-26H. The molecule has 0 unspecified atom stereocenters. The van der Waals surface area contributed by atoms with Gasteiger partial charge in [0.25, 0.3) is 0 Å². The van der Waals surface area contributed by atoms with Crippen molar-refractivity contribution in [2.24, 2.45) is 0 Å². The van der Waals surface area contributed by atoms with E-state index in [1.165, 1.54) is 32.7 Å². The van der Waals surface area contributed by atoms with Gasteiger partial charge in [0.1, 0.15) is 0 Å². The molecule has 0 saturated heterocycles. The van der Waals surface area contributed by atoms with Gasteiger partial charge < -0.3 is 0 Å². The van der Waals surface area contributed by atoms with Gasteiger partial charge in [0.15, 0.2) is 17.5 Å². The zero-order chi connectivity index (χ0) is 30.2. The molecular weight excluding hydrogens is 614 g/mol. The van der Waals surface area contributed by atoms with Crippen molar-refractivity contribution in [3.63, 3.8) is 0 Å². The number of fused-ring (bicyclic) bond motifs is 2. The molecule has 0 amide bonds. The van der Waals surface area contributed by atoms with Crippen molar-refractivity contribution in [2.75, 3.05) is 0 Å². The third kappa shape index (κ3) is 5.30. The maximum Gasteiger partial charge on any atom is 0.164 e. The lowest BCUT2D eigenvalue weighted by Gasteiger charge is -2.11. The lowest BCUT2D eigenvalue weighted by Crippen LogP contribution is -2.00. The molecule has 1 aromatic heterocycles. The summed E-state index contributed by atoms with van der Waals surface area (Å²) >= 11 is 3.55. The minimum absolute atomic E-state index is 0.638. The van der Waals surface area contributed by atoms with E-state index in [-0.39, 0.29) is 0 Å². The Balaban J connectivity index is 1.20. The van der Waals surface area contributed by atoms with Crippen molar-refractivity contribution < 1.29 is 0 Å². The van der Waals surface area contributed by atoms with Crippen LogP contribution in [-0.2, 0) is 0 Å². The number of benzene rings is 7. The zero-order valence-corrected chi connectivity index (χ0v) is 25.8. The normalized spacial score (nSPS) is 11.2. The first kappa shape index (κ1) is 27.1. The number of nitrogens with zero attached hydrogens (tertiary/aromatic N) is 3. The minimum Gasteiger partial charge on any atom is -0.208 e. The summed E-state index contributed by atoms with van der Waals surface area (Å²) in [4.78, 5) is 14.9. The van der Waals surface area contributed by atoms with Gasteiger partial charge in [-0.25, -0.2) is 15.0 Å². The second-order valence-electron chi connectivity index (χ2n) is 11.0. The van der Waals surface area contributed by atoms with Crippen molar-refractivity contribution in [1.29, 1.82) is 0 Å². The predicted octanol–water partition coefficient (Wildman–Crippen LogP) is 11.3. The molecule has 1 heterocycles. The zero-order valence-electron chi connectivity index (χ0n) is 24.2. The molecule has 0 aliphatic heterocycles. The minimum atomic E-state index is 0.638. The van der Waals surface area contributed by atoms with Gasteiger partial charge in [-0.3, -0.25) is 0 Å². The van der Waals surface area contributed by atoms with Crippen LogP contribution in [0, 0.1) is 0 Å². The van der Waals surface area contributed by atoms with E-state index in [2.05, 4.69) is 149 Å². The largest absolute Gasteiger partial charge is 0.208 e. The van der Waals surface area contributed by atoms with E-state index in [4.69, 9.17) is 15.0 Å². The summed E-state index contributed by atoms with van der Waals surface area (Å²) < 4.78 is 1.01. The Labute approximate surface area is 270 Å². The summed E-state index contributed by atoms with van der Waals surface area (Å²) in [6.07, 6.45) is 0. The average Bonchev–Trinajstić information content (AvgIpc) is 3.11. The second-order valence-corrected chi connectivity index (χ2v) is 11.9. The molecule has 45 heavy (non-hydrogen) atoms. The van der Waals surface area contributed by atoms with Crippen LogP contribution in [0.1, 0.15) is 0 Å². The average molecular weight is 641 g/mol. The summed E-state index contributed by atoms with van der Waals surface area (Å²) in [5, 5.41) is 4.93. The molecule has 4 heteroatoms. The van der Waals surface area contributed by atoms with Gasteiger partial charge in [0.05, 0.1) is 0 Å². The fourth-order valence-electron chi connectivity index (χ4n) is 5.91. The van der Waals surface area contributed by atoms with Gasteiger partial charge >= 0.3 is 0 Å². The van der Waals surface area contributed by atoms with Gasteiger partial charge in [0, 0.05) is 21.2 Å². The third-order valence-corrected chi connectivity index (χ3v) is 8.75. The van der Waals surface area contributed by atoms with E-state index in [1.807, 2.05) is 24.3 Å². The highest BCUT2D eigenvalue weighted by atomic mass is 79.9. The Hall–Kier alpha value is -5.45. The van der Waals surface area contributed by atoms with E-state index in [9.17, 15) is 0 Å². The van der Waals surface area contributed by atoms with Crippen LogP contribution >= 0.6 is 15.9 Å². The van der Waals surface area contributed by atoms with Crippen molar-refractivity contribution >= 4 is 37.5 Å². The molecule has 0 atom stereocenters. The summed E-state index contributed by atoms with van der Waals surface area (Å²) in [5.41, 5.74) is 7.53. The van der Waals surface area contributed by atoms with Crippen LogP contribution in [0.2, 0.25) is 0 Å². The first-order chi connectivity index (χ1) is 22.2. The van der Waals surface area contributed by atoms with Crippen LogP contribution < -0.4 is 0 Å². The Kier molecular flexibility index (Phi) is 6.97. The highest BCUT2D eigenvalue weighted by Gasteiger charge is 2.14. The number of halogens is 1. The first-order valence-corrected chi connectivity index (χ1v) is 15.7. The molecule has 0 aliphatic rings. The van der Waals surface area contributed by atoms with E-state index in [0.717, 1.165) is 32.3 Å². The highest BCUT2D eigenvalue weighted by molar-refractivity contribution is 9.10. The van der Waals surface area contributed by atoms with Crippen LogP contribution in [-0.4, -0.2) is 15.0 Å². The van der Waals surface area contributed by atoms with Crippen LogP contribution in [0.5, 0.6) is 0 Å². The molecule has 0 N–H and O–H groups in total. The smallest absolute Gasteiger partial charge is 0.164 e. The van der Waals surface area contributed by atoms with E-state index in [1.54, 1.807) is 0 Å². The quantitative estimate of drug-likeness (QED) is 0.188. The van der Waals surface area contributed by atoms with Crippen molar-refractivity contribution in [1.82, 2.24) is 15.0 Å².